The quantitative estimate of drug-likeness (QED) is 0.181. The Bertz CT molecular complexity index is 1910. The highest BCUT2D eigenvalue weighted by molar-refractivity contribution is 6.01. The van der Waals surface area contributed by atoms with E-state index in [4.69, 9.17) is 15.2 Å². The molecule has 2 aliphatic heterocycles. The molecule has 2 heterocycles. The average Bonchev–Trinajstić information content (AvgIpc) is 3.48. The summed E-state index contributed by atoms with van der Waals surface area (Å²) in [6.45, 7) is 10.3. The number of benzene rings is 1. The highest BCUT2D eigenvalue weighted by atomic mass is 16.6. The second kappa shape index (κ2) is 16.7. The number of amides is 1. The van der Waals surface area contributed by atoms with Crippen molar-refractivity contribution in [1.29, 1.82) is 0 Å². The molecule has 1 spiro atoms. The maximum absolute atomic E-state index is 14.7. The first-order chi connectivity index (χ1) is 25.9. The van der Waals surface area contributed by atoms with Crippen LogP contribution in [0.5, 0.6) is 5.75 Å². The van der Waals surface area contributed by atoms with Gasteiger partial charge in [0, 0.05) is 41.2 Å². The van der Waals surface area contributed by atoms with Gasteiger partial charge in [-0.1, -0.05) is 83.6 Å². The van der Waals surface area contributed by atoms with Crippen molar-refractivity contribution < 1.29 is 34.4 Å². The van der Waals surface area contributed by atoms with Gasteiger partial charge in [0.25, 0.3) is 0 Å². The third kappa shape index (κ3) is 7.80. The van der Waals surface area contributed by atoms with E-state index < -0.39 is 47.1 Å². The maximum Gasteiger partial charge on any atom is 0.414 e. The Kier molecular flexibility index (Phi) is 12.2. The van der Waals surface area contributed by atoms with E-state index in [-0.39, 0.29) is 43.7 Å². The molecule has 8 unspecified atom stereocenters. The van der Waals surface area contributed by atoms with E-state index in [0.29, 0.717) is 55.2 Å². The van der Waals surface area contributed by atoms with Gasteiger partial charge < -0.3 is 35.8 Å². The highest BCUT2D eigenvalue weighted by Gasteiger charge is 2.64. The highest BCUT2D eigenvalue weighted by Crippen LogP contribution is 2.63. The van der Waals surface area contributed by atoms with Gasteiger partial charge in [-0.3, -0.25) is 4.79 Å². The third-order valence-corrected chi connectivity index (χ3v) is 12.5. The fourth-order valence-corrected chi connectivity index (χ4v) is 9.48. The van der Waals surface area contributed by atoms with Crippen LogP contribution in [0.4, 0.5) is 4.79 Å². The van der Waals surface area contributed by atoms with Crippen LogP contribution in [0.3, 0.4) is 0 Å². The van der Waals surface area contributed by atoms with Gasteiger partial charge in [-0.15, -0.1) is 5.92 Å². The Balaban J connectivity index is 1.39. The molecule has 1 aromatic rings. The summed E-state index contributed by atoms with van der Waals surface area (Å²) in [7, 11) is 0. The summed E-state index contributed by atoms with van der Waals surface area (Å²) in [5.41, 5.74) is 9.55. The number of carbonyl (C=O) groups is 2. The van der Waals surface area contributed by atoms with Gasteiger partial charge in [0.05, 0.1) is 30.8 Å². The van der Waals surface area contributed by atoms with Crippen LogP contribution in [0.25, 0.3) is 0 Å². The summed E-state index contributed by atoms with van der Waals surface area (Å²) in [6.07, 6.45) is 10.5. The average molecular weight is 735 g/mol. The van der Waals surface area contributed by atoms with Gasteiger partial charge >= 0.3 is 6.09 Å². The van der Waals surface area contributed by atoms with Gasteiger partial charge in [-0.05, 0) is 82.8 Å². The van der Waals surface area contributed by atoms with E-state index in [1.807, 2.05) is 32.1 Å². The summed E-state index contributed by atoms with van der Waals surface area (Å²) in [6, 6.07) is 5.32. The monoisotopic (exact) mass is 734 g/mol. The molecule has 0 bridgehead atoms. The Morgan fingerprint density at radius 1 is 1.11 bits per heavy atom. The van der Waals surface area contributed by atoms with Crippen LogP contribution in [-0.4, -0.2) is 58.7 Å². The lowest BCUT2D eigenvalue weighted by Gasteiger charge is -2.56. The van der Waals surface area contributed by atoms with Crippen LogP contribution in [-0.2, 0) is 9.53 Å². The van der Waals surface area contributed by atoms with Crippen molar-refractivity contribution in [3.63, 3.8) is 0 Å². The first-order valence-electron chi connectivity index (χ1n) is 19.2. The summed E-state index contributed by atoms with van der Waals surface area (Å²) in [5.74, 6) is 10.8. The molecule has 9 heteroatoms. The molecule has 0 aromatic heterocycles. The number of nitrogens with two attached hydrogens (primary N) is 1. The molecule has 54 heavy (non-hydrogen) atoms. The first kappa shape index (κ1) is 39.5. The Labute approximate surface area is 319 Å². The number of ketones is 1. The number of Topliss-reactive ketones (excluding diaryl/α,β-unsaturated/α-hetero) is 1. The molecule has 8 atom stereocenters. The second-order valence-corrected chi connectivity index (χ2v) is 15.8. The number of hydrogen-bond donors (Lipinski definition) is 5. The third-order valence-electron chi connectivity index (χ3n) is 12.5. The number of aliphatic hydroxyl groups is 3. The molecule has 9 nitrogen and oxygen atoms in total. The summed E-state index contributed by atoms with van der Waals surface area (Å²) < 4.78 is 11.7. The molecule has 286 valence electrons. The molecule has 1 aromatic carbocycles. The topological polar surface area (TPSA) is 151 Å². The van der Waals surface area contributed by atoms with Gasteiger partial charge in [0.1, 0.15) is 18.5 Å². The minimum absolute atomic E-state index is 0.154. The van der Waals surface area contributed by atoms with Gasteiger partial charge in [-0.25, -0.2) is 4.79 Å². The molecule has 0 radical (unpaired) electrons. The number of carbonyl (C=O) groups excluding carboxylic acids is 2. The first-order valence-corrected chi connectivity index (χ1v) is 19.2. The van der Waals surface area contributed by atoms with Gasteiger partial charge in [-0.2, -0.15) is 0 Å². The van der Waals surface area contributed by atoms with Crippen LogP contribution in [0.1, 0.15) is 102 Å². The largest absolute Gasteiger partial charge is 0.414 e. The minimum atomic E-state index is -1.28. The SMILES string of the molecule is C=C1C=CC=C(C2CCC3(C4CC(CO)C#CCC(c5cccc6c5OC(=O)NC6N)C(=O)C(C)=C4CCC3(C)O)C2O)COCC#CCC(C)=CCC1. The van der Waals surface area contributed by atoms with Gasteiger partial charge in [0.2, 0.25) is 0 Å². The van der Waals surface area contributed by atoms with Crippen molar-refractivity contribution in [2.24, 2.45) is 28.9 Å². The molecule has 6 N–H and O–H groups in total. The summed E-state index contributed by atoms with van der Waals surface area (Å²) in [4.78, 5) is 27.1. The number of fused-ring (bicyclic) bond motifs is 3. The van der Waals surface area contributed by atoms with Gasteiger partial charge in [0.15, 0.2) is 5.78 Å². The lowest BCUT2D eigenvalue weighted by atomic mass is 9.51. The van der Waals surface area contributed by atoms with E-state index in [1.54, 1.807) is 18.2 Å². The number of ether oxygens (including phenoxy) is 2. The Morgan fingerprint density at radius 3 is 2.70 bits per heavy atom. The number of rotatable bonds is 3. The zero-order valence-corrected chi connectivity index (χ0v) is 31.7. The van der Waals surface area contributed by atoms with Crippen LogP contribution in [0, 0.1) is 46.9 Å². The van der Waals surface area contributed by atoms with E-state index >= 15 is 0 Å². The predicted octanol–water partition coefficient (Wildman–Crippen LogP) is 6.23. The number of allylic oxidation sites excluding steroid dienone is 8. The van der Waals surface area contributed by atoms with Crippen LogP contribution >= 0.6 is 0 Å². The normalized spacial score (nSPS) is 33.6. The number of aliphatic hydroxyl groups excluding tert-OH is 2. The zero-order valence-electron chi connectivity index (χ0n) is 31.7. The van der Waals surface area contributed by atoms with Crippen molar-refractivity contribution in [2.75, 3.05) is 19.8 Å². The molecule has 2 fully saturated rings. The molecule has 6 rings (SSSR count). The van der Waals surface area contributed by atoms with Crippen molar-refractivity contribution >= 4 is 11.9 Å². The van der Waals surface area contributed by atoms with E-state index in [1.165, 1.54) is 5.57 Å². The number of hydrogen-bond acceptors (Lipinski definition) is 8. The fourth-order valence-electron chi connectivity index (χ4n) is 9.48. The minimum Gasteiger partial charge on any atom is -0.410 e. The molecule has 3 aliphatic carbocycles. The Morgan fingerprint density at radius 2 is 1.91 bits per heavy atom. The molecule has 0 saturated heterocycles. The van der Waals surface area contributed by atoms with E-state index in [0.717, 1.165) is 29.6 Å². The van der Waals surface area contributed by atoms with Crippen LogP contribution in [0.2, 0.25) is 0 Å². The molecule has 5 aliphatic rings. The molecule has 1 amide bonds. The van der Waals surface area contributed by atoms with Crippen molar-refractivity contribution in [1.82, 2.24) is 5.32 Å². The molecular formula is C45H54N2O7. The predicted molar refractivity (Wildman–Crippen MR) is 208 cm³/mol. The fraction of sp³-hybridized carbons (Fsp3) is 0.511. The second-order valence-electron chi connectivity index (χ2n) is 15.8. The summed E-state index contributed by atoms with van der Waals surface area (Å²) >= 11 is 0. The summed E-state index contributed by atoms with van der Waals surface area (Å²) in [5, 5.41) is 38.3. The Hall–Kier alpha value is -4.22. The number of para-hydroxylation sites is 1. The molecular weight excluding hydrogens is 681 g/mol. The van der Waals surface area contributed by atoms with Crippen LogP contribution in [0.15, 0.2) is 76.9 Å². The zero-order chi connectivity index (χ0) is 38.6. The van der Waals surface area contributed by atoms with Crippen molar-refractivity contribution in [3.05, 3.63) is 88.1 Å². The smallest absolute Gasteiger partial charge is 0.410 e. The lowest BCUT2D eigenvalue weighted by Crippen LogP contribution is -2.59. The van der Waals surface area contributed by atoms with Crippen molar-refractivity contribution in [2.45, 2.75) is 102 Å². The van der Waals surface area contributed by atoms with E-state index in [9.17, 15) is 24.9 Å². The lowest BCUT2D eigenvalue weighted by molar-refractivity contribution is -0.169. The standard InChI is InChI=1S/C45H54N2O7/c1-28-11-5-6-24-53-27-32(16-8-14-29(2)13-7-12-28)34-21-23-45(41(34)50)38-25-31(26-48)15-9-17-35(39(49)30(3)33(38)20-22-44(45,4)52)36-18-10-19-37-40(36)54-43(51)47-42(37)46/h8,10,12,14,16,18-19,31,34-35,38,41-42,48,50,52H,2,7,11,13,17,20-27,46H2,1,3-4H3,(H,47,51). The molecule has 2 saturated carbocycles. The van der Waals surface area contributed by atoms with Crippen molar-refractivity contribution in [3.8, 4) is 29.4 Å². The maximum atomic E-state index is 14.7. The number of nitrogens with one attached hydrogen (secondary N) is 1. The van der Waals surface area contributed by atoms with E-state index in [2.05, 4.69) is 48.6 Å². The van der Waals surface area contributed by atoms with Crippen LogP contribution < -0.4 is 15.8 Å².